The lowest BCUT2D eigenvalue weighted by atomic mass is 10.0. The first-order valence-electron chi connectivity index (χ1n) is 11.5. The highest BCUT2D eigenvalue weighted by Crippen LogP contribution is 2.34. The molecule has 6 nitrogen and oxygen atoms in total. The Labute approximate surface area is 203 Å². The Morgan fingerprint density at radius 2 is 1.46 bits per heavy atom. The Balaban J connectivity index is 1.51. The van der Waals surface area contributed by atoms with Gasteiger partial charge in [-0.3, -0.25) is 4.79 Å². The number of carbonyl (C=O) groups excluding carboxylic acids is 1. The van der Waals surface area contributed by atoms with Gasteiger partial charge in [-0.15, -0.1) is 0 Å². The number of para-hydroxylation sites is 3. The summed E-state index contributed by atoms with van der Waals surface area (Å²) in [5.74, 6) is -0.148. The molecule has 0 unspecified atom stereocenters. The molecule has 3 aromatic carbocycles. The number of rotatable bonds is 4. The maximum atomic E-state index is 13.4. The Morgan fingerprint density at radius 1 is 0.800 bits per heavy atom. The number of amides is 1. The first-order chi connectivity index (χ1) is 17.1. The van der Waals surface area contributed by atoms with Crippen molar-refractivity contribution in [2.45, 2.75) is 6.92 Å². The first-order valence-corrected chi connectivity index (χ1v) is 11.5. The summed E-state index contributed by atoms with van der Waals surface area (Å²) in [6, 6.07) is 27.7. The first kappa shape index (κ1) is 20.9. The summed E-state index contributed by atoms with van der Waals surface area (Å²) in [5, 5.41) is 12.1. The average molecular weight is 458 g/mol. The van der Waals surface area contributed by atoms with E-state index in [1.54, 1.807) is 0 Å². The molecular weight excluding hydrogens is 434 g/mol. The molecule has 0 bridgehead atoms. The minimum Gasteiger partial charge on any atom is -0.350 e. The number of aryl methyl sites for hydroxylation is 1. The number of aromatic nitrogens is 3. The Morgan fingerprint density at radius 3 is 2.20 bits per heavy atom. The summed E-state index contributed by atoms with van der Waals surface area (Å²) >= 11 is 0. The summed E-state index contributed by atoms with van der Waals surface area (Å²) in [6.45, 7) is 1.87. The van der Waals surface area contributed by atoms with Crippen LogP contribution in [0.3, 0.4) is 0 Å². The quantitative estimate of drug-likeness (QED) is 0.319. The molecule has 0 atom stereocenters. The van der Waals surface area contributed by atoms with Crippen LogP contribution in [0.15, 0.2) is 108 Å². The van der Waals surface area contributed by atoms with E-state index in [1.165, 1.54) is 5.01 Å². The largest absolute Gasteiger partial charge is 0.350 e. The topological polar surface area (TPSA) is 55.4 Å². The highest BCUT2D eigenvalue weighted by molar-refractivity contribution is 6.32. The minimum absolute atomic E-state index is 0.148. The van der Waals surface area contributed by atoms with E-state index in [-0.39, 0.29) is 5.91 Å². The second kappa shape index (κ2) is 8.25. The summed E-state index contributed by atoms with van der Waals surface area (Å²) in [5.41, 5.74) is 6.75. The van der Waals surface area contributed by atoms with Gasteiger partial charge in [-0.25, -0.2) is 4.68 Å². The van der Waals surface area contributed by atoms with E-state index in [4.69, 9.17) is 5.10 Å². The maximum Gasteiger partial charge on any atom is 0.280 e. The lowest BCUT2D eigenvalue weighted by molar-refractivity contribution is -0.114. The molecule has 0 saturated carbocycles. The molecule has 6 heteroatoms. The maximum absolute atomic E-state index is 13.4. The fourth-order valence-corrected chi connectivity index (χ4v) is 4.53. The van der Waals surface area contributed by atoms with Crippen LogP contribution in [-0.4, -0.2) is 26.0 Å². The lowest BCUT2D eigenvalue weighted by Gasteiger charge is -2.10. The Bertz CT molecular complexity index is 1620. The van der Waals surface area contributed by atoms with Crippen molar-refractivity contribution in [2.75, 3.05) is 5.01 Å². The van der Waals surface area contributed by atoms with Gasteiger partial charge in [-0.05, 0) is 43.3 Å². The van der Waals surface area contributed by atoms with E-state index < -0.39 is 0 Å². The van der Waals surface area contributed by atoms with Crippen molar-refractivity contribution in [3.05, 3.63) is 108 Å². The predicted octanol–water partition coefficient (Wildman–Crippen LogP) is 5.84. The van der Waals surface area contributed by atoms with Crippen molar-refractivity contribution in [1.82, 2.24) is 14.3 Å². The van der Waals surface area contributed by atoms with Crippen molar-refractivity contribution in [2.24, 2.45) is 12.1 Å². The van der Waals surface area contributed by atoms with Gasteiger partial charge < -0.3 is 4.57 Å². The zero-order chi connectivity index (χ0) is 23.9. The van der Waals surface area contributed by atoms with E-state index in [0.29, 0.717) is 11.3 Å². The predicted molar refractivity (Wildman–Crippen MR) is 140 cm³/mol. The van der Waals surface area contributed by atoms with Crippen LogP contribution in [0.2, 0.25) is 0 Å². The fraction of sp³-hybridized carbons (Fsp3) is 0.0690. The third-order valence-electron chi connectivity index (χ3n) is 6.28. The number of fused-ring (bicyclic) bond motifs is 1. The molecule has 35 heavy (non-hydrogen) atoms. The molecule has 1 aliphatic heterocycles. The normalized spacial score (nSPS) is 14.8. The summed E-state index contributed by atoms with van der Waals surface area (Å²) in [4.78, 5) is 13.4. The number of anilines is 1. The van der Waals surface area contributed by atoms with E-state index in [9.17, 15) is 4.79 Å². The molecule has 5 aromatic rings. The summed E-state index contributed by atoms with van der Waals surface area (Å²) < 4.78 is 3.97. The van der Waals surface area contributed by atoms with Crippen LogP contribution >= 0.6 is 0 Å². The number of hydrogen-bond donors (Lipinski definition) is 0. The van der Waals surface area contributed by atoms with Crippen molar-refractivity contribution >= 4 is 34.3 Å². The molecule has 0 saturated heterocycles. The highest BCUT2D eigenvalue weighted by atomic mass is 16.2. The van der Waals surface area contributed by atoms with Crippen molar-refractivity contribution in [1.29, 1.82) is 0 Å². The standard InChI is InChI=1S/C29H23N5O/c1-20-25(29(35)34(30-20)23-13-7-4-8-14-23)17-21-18-33(22-11-5-3-6-12-22)31-28(21)26-19-32(2)27-16-10-9-15-24(26)27/h3-19H,1-2H3/b25-17-. The number of nitrogens with zero attached hydrogens (tertiary/aromatic N) is 5. The van der Waals surface area contributed by atoms with Crippen LogP contribution in [0, 0.1) is 0 Å². The van der Waals surface area contributed by atoms with Crippen molar-refractivity contribution in [3.63, 3.8) is 0 Å². The van der Waals surface area contributed by atoms with Gasteiger partial charge >= 0.3 is 0 Å². The molecule has 0 fully saturated rings. The van der Waals surface area contributed by atoms with Crippen LogP contribution in [0.1, 0.15) is 12.5 Å². The zero-order valence-electron chi connectivity index (χ0n) is 19.5. The van der Waals surface area contributed by atoms with Crippen molar-refractivity contribution < 1.29 is 4.79 Å². The SMILES string of the molecule is CC1=NN(c2ccccc2)C(=O)/C1=C\c1cn(-c2ccccc2)nc1-c1cn(C)c2ccccc12. The van der Waals surface area contributed by atoms with Crippen LogP contribution in [0.5, 0.6) is 0 Å². The van der Waals surface area contributed by atoms with Crippen LogP contribution < -0.4 is 5.01 Å². The van der Waals surface area contributed by atoms with E-state index in [1.807, 2.05) is 104 Å². The molecule has 2 aromatic heterocycles. The van der Waals surface area contributed by atoms with Gasteiger partial charge in [0.05, 0.1) is 22.7 Å². The summed E-state index contributed by atoms with van der Waals surface area (Å²) in [7, 11) is 2.03. The molecule has 0 aliphatic carbocycles. The van der Waals surface area contributed by atoms with E-state index >= 15 is 0 Å². The third-order valence-corrected chi connectivity index (χ3v) is 6.28. The van der Waals surface area contributed by atoms with Gasteiger partial charge in [0, 0.05) is 41.5 Å². The number of carbonyl (C=O) groups is 1. The van der Waals surface area contributed by atoms with Gasteiger partial charge in [0.25, 0.3) is 5.91 Å². The van der Waals surface area contributed by atoms with Gasteiger partial charge in [0.2, 0.25) is 0 Å². The highest BCUT2D eigenvalue weighted by Gasteiger charge is 2.29. The van der Waals surface area contributed by atoms with Crippen LogP contribution in [-0.2, 0) is 11.8 Å². The second-order valence-corrected chi connectivity index (χ2v) is 8.58. The molecule has 0 radical (unpaired) electrons. The molecule has 6 rings (SSSR count). The van der Waals surface area contributed by atoms with E-state index in [2.05, 4.69) is 28.0 Å². The molecule has 0 spiro atoms. The fourth-order valence-electron chi connectivity index (χ4n) is 4.53. The Hall–Kier alpha value is -4.71. The van der Waals surface area contributed by atoms with Crippen LogP contribution in [0.25, 0.3) is 33.9 Å². The van der Waals surface area contributed by atoms with Gasteiger partial charge in [0.1, 0.15) is 5.69 Å². The number of hydrazone groups is 1. The van der Waals surface area contributed by atoms with Gasteiger partial charge in [-0.2, -0.15) is 15.2 Å². The number of benzene rings is 3. The lowest BCUT2D eigenvalue weighted by Crippen LogP contribution is -2.21. The van der Waals surface area contributed by atoms with E-state index in [0.717, 1.165) is 39.1 Å². The van der Waals surface area contributed by atoms with Gasteiger partial charge in [-0.1, -0.05) is 54.6 Å². The molecule has 0 N–H and O–H groups in total. The number of hydrogen-bond acceptors (Lipinski definition) is 3. The summed E-state index contributed by atoms with van der Waals surface area (Å²) in [6.07, 6.45) is 5.98. The molecule has 170 valence electrons. The van der Waals surface area contributed by atoms with Gasteiger partial charge in [0.15, 0.2) is 0 Å². The van der Waals surface area contributed by atoms with Crippen LogP contribution in [0.4, 0.5) is 5.69 Å². The second-order valence-electron chi connectivity index (χ2n) is 8.58. The molecule has 1 aliphatic rings. The Kier molecular flexibility index (Phi) is 4.92. The molecular formula is C29H23N5O. The monoisotopic (exact) mass is 457 g/mol. The molecule has 3 heterocycles. The molecule has 1 amide bonds. The smallest absolute Gasteiger partial charge is 0.280 e. The van der Waals surface area contributed by atoms with Crippen molar-refractivity contribution in [3.8, 4) is 16.9 Å². The third kappa shape index (κ3) is 3.56. The minimum atomic E-state index is -0.148. The average Bonchev–Trinajstić information content (AvgIpc) is 3.55. The zero-order valence-corrected chi connectivity index (χ0v) is 19.5.